The molecule has 15 heavy (non-hydrogen) atoms. The first-order chi connectivity index (χ1) is 7.27. The summed E-state index contributed by atoms with van der Waals surface area (Å²) in [5.41, 5.74) is 0.674. The van der Waals surface area contributed by atoms with Crippen LogP contribution in [0, 0.1) is 0 Å². The Hall–Kier alpha value is -1.16. The van der Waals surface area contributed by atoms with Crippen molar-refractivity contribution >= 4 is 17.5 Å². The summed E-state index contributed by atoms with van der Waals surface area (Å²) in [6.07, 6.45) is 0.571. The SMILES string of the molecule is COc1ccc(OC)c2c1SCCC2=O. The van der Waals surface area contributed by atoms with E-state index in [2.05, 4.69) is 0 Å². The molecule has 0 aromatic heterocycles. The van der Waals surface area contributed by atoms with Crippen molar-refractivity contribution in [2.45, 2.75) is 11.3 Å². The van der Waals surface area contributed by atoms with E-state index in [9.17, 15) is 4.79 Å². The van der Waals surface area contributed by atoms with E-state index in [1.165, 1.54) is 0 Å². The highest BCUT2D eigenvalue weighted by Gasteiger charge is 2.25. The molecule has 0 spiro atoms. The Bertz CT molecular complexity index is 401. The molecule has 0 unspecified atom stereocenters. The fraction of sp³-hybridized carbons (Fsp3) is 0.364. The lowest BCUT2D eigenvalue weighted by molar-refractivity contribution is 0.0981. The highest BCUT2D eigenvalue weighted by molar-refractivity contribution is 7.99. The molecule has 0 radical (unpaired) electrons. The highest BCUT2D eigenvalue weighted by atomic mass is 32.2. The van der Waals surface area contributed by atoms with E-state index in [1.807, 2.05) is 6.07 Å². The zero-order chi connectivity index (χ0) is 10.8. The van der Waals surface area contributed by atoms with Gasteiger partial charge in [-0.25, -0.2) is 0 Å². The second-order valence-electron chi connectivity index (χ2n) is 3.20. The van der Waals surface area contributed by atoms with Crippen molar-refractivity contribution in [2.75, 3.05) is 20.0 Å². The van der Waals surface area contributed by atoms with Crippen LogP contribution in [0.2, 0.25) is 0 Å². The van der Waals surface area contributed by atoms with E-state index in [0.29, 0.717) is 17.7 Å². The Kier molecular flexibility index (Phi) is 2.86. The van der Waals surface area contributed by atoms with Crippen LogP contribution in [0.4, 0.5) is 0 Å². The molecule has 1 aromatic rings. The van der Waals surface area contributed by atoms with Gasteiger partial charge in [0.05, 0.1) is 24.7 Å². The predicted octanol–water partition coefficient (Wildman–Crippen LogP) is 2.38. The van der Waals surface area contributed by atoms with E-state index in [4.69, 9.17) is 9.47 Å². The van der Waals surface area contributed by atoms with Gasteiger partial charge in [-0.2, -0.15) is 0 Å². The van der Waals surface area contributed by atoms with Gasteiger partial charge in [0.1, 0.15) is 11.5 Å². The van der Waals surface area contributed by atoms with Gasteiger partial charge in [-0.05, 0) is 12.1 Å². The third-order valence-corrected chi connectivity index (χ3v) is 3.48. The minimum absolute atomic E-state index is 0.138. The monoisotopic (exact) mass is 224 g/mol. The molecular weight excluding hydrogens is 212 g/mol. The summed E-state index contributed by atoms with van der Waals surface area (Å²) in [7, 11) is 3.19. The number of fused-ring (bicyclic) bond motifs is 1. The second kappa shape index (κ2) is 4.14. The molecule has 0 amide bonds. The second-order valence-corrected chi connectivity index (χ2v) is 4.30. The van der Waals surface area contributed by atoms with Crippen molar-refractivity contribution in [3.05, 3.63) is 17.7 Å². The van der Waals surface area contributed by atoms with Gasteiger partial charge in [-0.1, -0.05) is 0 Å². The number of thioether (sulfide) groups is 1. The summed E-state index contributed by atoms with van der Waals surface area (Å²) in [6, 6.07) is 3.62. The molecule has 1 aliphatic heterocycles. The van der Waals surface area contributed by atoms with Crippen molar-refractivity contribution in [1.29, 1.82) is 0 Å². The quantitative estimate of drug-likeness (QED) is 0.772. The van der Waals surface area contributed by atoms with Crippen molar-refractivity contribution in [1.82, 2.24) is 0 Å². The Morgan fingerprint density at radius 2 is 1.87 bits per heavy atom. The van der Waals surface area contributed by atoms with E-state index in [0.717, 1.165) is 16.4 Å². The molecule has 1 aliphatic rings. The molecule has 0 aliphatic carbocycles. The van der Waals surface area contributed by atoms with Gasteiger partial charge >= 0.3 is 0 Å². The molecule has 0 bridgehead atoms. The van der Waals surface area contributed by atoms with Crippen LogP contribution in [0.1, 0.15) is 16.8 Å². The molecule has 4 heteroatoms. The summed E-state index contributed by atoms with van der Waals surface area (Å²) in [6.45, 7) is 0. The third kappa shape index (κ3) is 1.69. The Morgan fingerprint density at radius 1 is 1.20 bits per heavy atom. The van der Waals surface area contributed by atoms with Crippen LogP contribution in [0.15, 0.2) is 17.0 Å². The minimum Gasteiger partial charge on any atom is -0.496 e. The van der Waals surface area contributed by atoms with Crippen molar-refractivity contribution < 1.29 is 14.3 Å². The first-order valence-electron chi connectivity index (χ1n) is 4.69. The number of methoxy groups -OCH3 is 2. The number of benzene rings is 1. The molecule has 1 aromatic carbocycles. The number of carbonyl (C=O) groups is 1. The van der Waals surface area contributed by atoms with Crippen molar-refractivity contribution in [3.63, 3.8) is 0 Å². The van der Waals surface area contributed by atoms with Gasteiger partial charge in [-0.3, -0.25) is 4.79 Å². The molecule has 1 heterocycles. The highest BCUT2D eigenvalue weighted by Crippen LogP contribution is 2.41. The summed E-state index contributed by atoms with van der Waals surface area (Å²) in [4.78, 5) is 12.7. The third-order valence-electron chi connectivity index (χ3n) is 2.38. The lowest BCUT2D eigenvalue weighted by atomic mass is 10.1. The molecule has 0 atom stereocenters. The standard InChI is InChI=1S/C11H12O3S/c1-13-8-3-4-9(14-2)11-10(8)7(12)5-6-15-11/h3-4H,5-6H2,1-2H3. The van der Waals surface area contributed by atoms with Gasteiger partial charge in [0.15, 0.2) is 5.78 Å². The Labute approximate surface area is 92.8 Å². The fourth-order valence-corrected chi connectivity index (χ4v) is 2.80. The average Bonchev–Trinajstić information content (AvgIpc) is 2.28. The van der Waals surface area contributed by atoms with Crippen molar-refractivity contribution in [2.24, 2.45) is 0 Å². The minimum atomic E-state index is 0.138. The lowest BCUT2D eigenvalue weighted by Crippen LogP contribution is -2.11. The van der Waals surface area contributed by atoms with Gasteiger partial charge in [0, 0.05) is 12.2 Å². The van der Waals surface area contributed by atoms with Crippen LogP contribution >= 0.6 is 11.8 Å². The number of ketones is 1. The maximum atomic E-state index is 11.8. The topological polar surface area (TPSA) is 35.5 Å². The lowest BCUT2D eigenvalue weighted by Gasteiger charge is -2.19. The van der Waals surface area contributed by atoms with Crippen LogP contribution in [0.5, 0.6) is 11.5 Å². The van der Waals surface area contributed by atoms with E-state index >= 15 is 0 Å². The van der Waals surface area contributed by atoms with Crippen LogP contribution < -0.4 is 9.47 Å². The largest absolute Gasteiger partial charge is 0.496 e. The molecule has 0 saturated heterocycles. The van der Waals surface area contributed by atoms with Gasteiger partial charge in [0.2, 0.25) is 0 Å². The molecule has 3 nitrogen and oxygen atoms in total. The molecule has 0 fully saturated rings. The number of carbonyl (C=O) groups excluding carboxylic acids is 1. The summed E-state index contributed by atoms with van der Waals surface area (Å²) >= 11 is 1.65. The van der Waals surface area contributed by atoms with Crippen LogP contribution in [0.25, 0.3) is 0 Å². The Morgan fingerprint density at radius 3 is 2.53 bits per heavy atom. The van der Waals surface area contributed by atoms with Gasteiger partial charge in [-0.15, -0.1) is 11.8 Å². The first-order valence-corrected chi connectivity index (χ1v) is 5.67. The van der Waals surface area contributed by atoms with E-state index in [-0.39, 0.29) is 5.78 Å². The molecule has 2 rings (SSSR count). The number of rotatable bonds is 2. The Balaban J connectivity index is 2.61. The van der Waals surface area contributed by atoms with Gasteiger partial charge in [0.25, 0.3) is 0 Å². The molecule has 0 saturated carbocycles. The summed E-state index contributed by atoms with van der Waals surface area (Å²) in [5, 5.41) is 0. The smallest absolute Gasteiger partial charge is 0.168 e. The first kappa shape index (κ1) is 10.4. The summed E-state index contributed by atoms with van der Waals surface area (Å²) in [5.74, 6) is 2.35. The molecule has 0 N–H and O–H groups in total. The maximum absolute atomic E-state index is 11.8. The predicted molar refractivity (Wildman–Crippen MR) is 59.2 cm³/mol. The normalized spacial score (nSPS) is 14.7. The number of ether oxygens (including phenoxy) is 2. The summed E-state index contributed by atoms with van der Waals surface area (Å²) < 4.78 is 10.4. The number of hydrogen-bond acceptors (Lipinski definition) is 4. The fourth-order valence-electron chi connectivity index (χ4n) is 1.65. The van der Waals surface area contributed by atoms with Crippen LogP contribution in [0.3, 0.4) is 0 Å². The van der Waals surface area contributed by atoms with Crippen molar-refractivity contribution in [3.8, 4) is 11.5 Å². The van der Waals surface area contributed by atoms with Crippen LogP contribution in [-0.4, -0.2) is 25.8 Å². The zero-order valence-corrected chi connectivity index (χ0v) is 9.52. The average molecular weight is 224 g/mol. The molecular formula is C11H12O3S. The van der Waals surface area contributed by atoms with Crippen LogP contribution in [-0.2, 0) is 0 Å². The number of hydrogen-bond donors (Lipinski definition) is 0. The zero-order valence-electron chi connectivity index (χ0n) is 8.70. The van der Waals surface area contributed by atoms with Gasteiger partial charge < -0.3 is 9.47 Å². The maximum Gasteiger partial charge on any atom is 0.168 e. The number of Topliss-reactive ketones (excluding diaryl/α,β-unsaturated/α-hetero) is 1. The molecule has 80 valence electrons. The van der Waals surface area contributed by atoms with E-state index in [1.54, 1.807) is 32.0 Å². The van der Waals surface area contributed by atoms with E-state index < -0.39 is 0 Å².